The Morgan fingerprint density at radius 2 is 1.63 bits per heavy atom. The molecule has 0 aliphatic heterocycles. The van der Waals surface area contributed by atoms with E-state index in [-0.39, 0.29) is 18.4 Å². The predicted octanol–water partition coefficient (Wildman–Crippen LogP) is 3.43. The first kappa shape index (κ1) is 20.9. The molecule has 3 rings (SSSR count). The number of aromatic nitrogens is 1. The van der Waals surface area contributed by atoms with Crippen molar-refractivity contribution in [1.82, 2.24) is 10.3 Å². The Kier molecular flexibility index (Phi) is 7.38. The second kappa shape index (κ2) is 10.6. The van der Waals surface area contributed by atoms with Crippen LogP contribution in [0.2, 0.25) is 0 Å². The van der Waals surface area contributed by atoms with E-state index in [0.29, 0.717) is 30.2 Å². The molecule has 0 fully saturated rings. The highest BCUT2D eigenvalue weighted by molar-refractivity contribution is 5.94. The molecule has 0 aliphatic carbocycles. The van der Waals surface area contributed by atoms with E-state index in [1.165, 1.54) is 6.20 Å². The molecule has 30 heavy (non-hydrogen) atoms. The average molecular weight is 405 g/mol. The molecule has 2 aromatic carbocycles. The number of nitrogens with zero attached hydrogens (tertiary/aromatic N) is 1. The Labute approximate surface area is 175 Å². The number of carbonyl (C=O) groups is 2. The fraction of sp³-hybridized carbons (Fsp3) is 0.174. The predicted molar refractivity (Wildman–Crippen MR) is 114 cm³/mol. The molecule has 0 aliphatic rings. The topological polar surface area (TPSA) is 89.5 Å². The highest BCUT2D eigenvalue weighted by Crippen LogP contribution is 2.17. The van der Waals surface area contributed by atoms with Crippen LogP contribution in [0.25, 0.3) is 0 Å². The summed E-state index contributed by atoms with van der Waals surface area (Å²) in [4.78, 5) is 28.1. The number of ether oxygens (including phenoxy) is 2. The van der Waals surface area contributed by atoms with E-state index in [1.807, 2.05) is 19.1 Å². The zero-order valence-corrected chi connectivity index (χ0v) is 16.6. The van der Waals surface area contributed by atoms with E-state index in [4.69, 9.17) is 9.47 Å². The van der Waals surface area contributed by atoms with Crippen LogP contribution in [0.3, 0.4) is 0 Å². The summed E-state index contributed by atoms with van der Waals surface area (Å²) in [5.41, 5.74) is 2.07. The van der Waals surface area contributed by atoms with Crippen molar-refractivity contribution in [2.45, 2.75) is 13.5 Å². The molecule has 0 bridgehead atoms. The Balaban J connectivity index is 1.43. The maximum Gasteiger partial charge on any atom is 0.262 e. The van der Waals surface area contributed by atoms with Crippen molar-refractivity contribution in [1.29, 1.82) is 0 Å². The monoisotopic (exact) mass is 405 g/mol. The summed E-state index contributed by atoms with van der Waals surface area (Å²) in [7, 11) is 0. The van der Waals surface area contributed by atoms with Crippen molar-refractivity contribution >= 4 is 17.5 Å². The van der Waals surface area contributed by atoms with Crippen LogP contribution < -0.4 is 20.1 Å². The van der Waals surface area contributed by atoms with Crippen molar-refractivity contribution in [2.75, 3.05) is 18.5 Å². The van der Waals surface area contributed by atoms with Crippen LogP contribution in [-0.4, -0.2) is 30.0 Å². The fourth-order valence-electron chi connectivity index (χ4n) is 2.63. The number of benzene rings is 2. The van der Waals surface area contributed by atoms with Crippen molar-refractivity contribution in [3.63, 3.8) is 0 Å². The van der Waals surface area contributed by atoms with Gasteiger partial charge in [0.1, 0.15) is 11.5 Å². The van der Waals surface area contributed by atoms with Crippen LogP contribution in [-0.2, 0) is 11.3 Å². The van der Waals surface area contributed by atoms with Gasteiger partial charge in [-0.1, -0.05) is 12.1 Å². The zero-order chi connectivity index (χ0) is 21.2. The number of carbonyl (C=O) groups excluding carboxylic acids is 2. The minimum Gasteiger partial charge on any atom is -0.494 e. The van der Waals surface area contributed by atoms with Crippen molar-refractivity contribution < 1.29 is 19.1 Å². The van der Waals surface area contributed by atoms with Gasteiger partial charge in [0.15, 0.2) is 6.61 Å². The molecule has 0 saturated carbocycles. The van der Waals surface area contributed by atoms with Crippen molar-refractivity contribution in [3.8, 4) is 11.5 Å². The Morgan fingerprint density at radius 1 is 0.933 bits per heavy atom. The van der Waals surface area contributed by atoms with E-state index in [2.05, 4.69) is 15.6 Å². The van der Waals surface area contributed by atoms with Gasteiger partial charge in [0.2, 0.25) is 0 Å². The van der Waals surface area contributed by atoms with Crippen LogP contribution in [0, 0.1) is 0 Å². The number of hydrogen-bond acceptors (Lipinski definition) is 5. The molecule has 1 aromatic heterocycles. The Bertz CT molecular complexity index is 958. The van der Waals surface area contributed by atoms with Gasteiger partial charge in [0.25, 0.3) is 11.8 Å². The first-order chi connectivity index (χ1) is 14.6. The van der Waals surface area contributed by atoms with Gasteiger partial charge < -0.3 is 20.1 Å². The van der Waals surface area contributed by atoms with Crippen LogP contribution >= 0.6 is 0 Å². The number of nitrogens with one attached hydrogen (secondary N) is 2. The smallest absolute Gasteiger partial charge is 0.262 e. The van der Waals surface area contributed by atoms with Gasteiger partial charge in [0, 0.05) is 24.6 Å². The number of anilines is 1. The van der Waals surface area contributed by atoms with Gasteiger partial charge in [-0.3, -0.25) is 14.6 Å². The van der Waals surface area contributed by atoms with E-state index < -0.39 is 0 Å². The first-order valence-corrected chi connectivity index (χ1v) is 9.56. The zero-order valence-electron chi connectivity index (χ0n) is 16.6. The third-order valence-corrected chi connectivity index (χ3v) is 4.12. The first-order valence-electron chi connectivity index (χ1n) is 9.56. The lowest BCUT2D eigenvalue weighted by molar-refractivity contribution is -0.118. The standard InChI is InChI=1S/C23H23N3O4/c1-2-29-20-9-11-21(12-10-20)30-16-22(27)26-19-7-5-17(6-8-19)14-25-23(28)18-4-3-13-24-15-18/h3-13,15H,2,14,16H2,1H3,(H,25,28)(H,26,27). The fourth-order valence-corrected chi connectivity index (χ4v) is 2.63. The summed E-state index contributed by atoms with van der Waals surface area (Å²) in [6, 6.07) is 17.8. The quantitative estimate of drug-likeness (QED) is 0.569. The second-order valence-electron chi connectivity index (χ2n) is 6.36. The third-order valence-electron chi connectivity index (χ3n) is 4.12. The largest absolute Gasteiger partial charge is 0.494 e. The van der Waals surface area contributed by atoms with Crippen molar-refractivity contribution in [3.05, 3.63) is 84.2 Å². The number of amides is 2. The van der Waals surface area contributed by atoms with E-state index in [0.717, 1.165) is 11.3 Å². The molecule has 7 nitrogen and oxygen atoms in total. The molecule has 1 heterocycles. The average Bonchev–Trinajstić information content (AvgIpc) is 2.79. The molecular weight excluding hydrogens is 382 g/mol. The van der Waals surface area contributed by atoms with Gasteiger partial charge in [-0.05, 0) is 61.0 Å². The summed E-state index contributed by atoms with van der Waals surface area (Å²) in [5.74, 6) is 0.896. The summed E-state index contributed by atoms with van der Waals surface area (Å²) < 4.78 is 10.9. The van der Waals surface area contributed by atoms with Crippen molar-refractivity contribution in [2.24, 2.45) is 0 Å². The van der Waals surface area contributed by atoms with Gasteiger partial charge in [0.05, 0.1) is 12.2 Å². The molecule has 0 radical (unpaired) electrons. The number of pyridine rings is 1. The molecule has 3 aromatic rings. The number of rotatable bonds is 9. The van der Waals surface area contributed by atoms with Gasteiger partial charge in [-0.25, -0.2) is 0 Å². The molecule has 0 saturated heterocycles. The highest BCUT2D eigenvalue weighted by atomic mass is 16.5. The lowest BCUT2D eigenvalue weighted by atomic mass is 10.2. The molecular formula is C23H23N3O4. The Morgan fingerprint density at radius 3 is 2.27 bits per heavy atom. The lowest BCUT2D eigenvalue weighted by Crippen LogP contribution is -2.23. The molecule has 154 valence electrons. The molecule has 0 spiro atoms. The minimum absolute atomic E-state index is 0.100. The summed E-state index contributed by atoms with van der Waals surface area (Å²) in [6.07, 6.45) is 3.14. The van der Waals surface area contributed by atoms with E-state index in [1.54, 1.807) is 54.7 Å². The molecule has 0 atom stereocenters. The maximum absolute atomic E-state index is 12.1. The number of hydrogen-bond donors (Lipinski definition) is 2. The van der Waals surface area contributed by atoms with Gasteiger partial charge in [-0.2, -0.15) is 0 Å². The minimum atomic E-state index is -0.262. The molecule has 0 unspecified atom stereocenters. The molecule has 2 N–H and O–H groups in total. The summed E-state index contributed by atoms with van der Waals surface area (Å²) in [5, 5.41) is 5.61. The highest BCUT2D eigenvalue weighted by Gasteiger charge is 2.06. The molecule has 7 heteroatoms. The second-order valence-corrected chi connectivity index (χ2v) is 6.36. The molecule has 2 amide bonds. The lowest BCUT2D eigenvalue weighted by Gasteiger charge is -2.09. The summed E-state index contributed by atoms with van der Waals surface area (Å²) in [6.45, 7) is 2.79. The SMILES string of the molecule is CCOc1ccc(OCC(=O)Nc2ccc(CNC(=O)c3cccnc3)cc2)cc1. The van der Waals surface area contributed by atoms with E-state index in [9.17, 15) is 9.59 Å². The van der Waals surface area contributed by atoms with Crippen LogP contribution in [0.15, 0.2) is 73.1 Å². The third kappa shape index (κ3) is 6.34. The Hall–Kier alpha value is -3.87. The normalized spacial score (nSPS) is 10.2. The van der Waals surface area contributed by atoms with Gasteiger partial charge in [-0.15, -0.1) is 0 Å². The van der Waals surface area contributed by atoms with E-state index >= 15 is 0 Å². The van der Waals surface area contributed by atoms with Crippen LogP contribution in [0.1, 0.15) is 22.8 Å². The van der Waals surface area contributed by atoms with Gasteiger partial charge >= 0.3 is 0 Å². The van der Waals surface area contributed by atoms with Crippen LogP contribution in [0.4, 0.5) is 5.69 Å². The maximum atomic E-state index is 12.1. The summed E-state index contributed by atoms with van der Waals surface area (Å²) >= 11 is 0. The van der Waals surface area contributed by atoms with Crippen LogP contribution in [0.5, 0.6) is 11.5 Å².